The van der Waals surface area contributed by atoms with Crippen LogP contribution in [0, 0.1) is 5.82 Å². The Morgan fingerprint density at radius 3 is 2.62 bits per heavy atom. The Morgan fingerprint density at radius 1 is 1.16 bits per heavy atom. The summed E-state index contributed by atoms with van der Waals surface area (Å²) in [6, 6.07) is 12.0. The zero-order valence-electron chi connectivity index (χ0n) is 18.2. The lowest BCUT2D eigenvalue weighted by atomic mass is 10.1. The molecule has 0 saturated heterocycles. The zero-order chi connectivity index (χ0) is 22.7. The van der Waals surface area contributed by atoms with Gasteiger partial charge >= 0.3 is 0 Å². The molecule has 0 saturated carbocycles. The average Bonchev–Trinajstić information content (AvgIpc) is 3.40. The summed E-state index contributed by atoms with van der Waals surface area (Å²) in [4.78, 5) is 23.4. The van der Waals surface area contributed by atoms with Gasteiger partial charge in [-0.05, 0) is 44.5 Å². The lowest BCUT2D eigenvalue weighted by Crippen LogP contribution is -2.12. The van der Waals surface area contributed by atoms with Gasteiger partial charge in [0, 0.05) is 28.9 Å². The van der Waals surface area contributed by atoms with Gasteiger partial charge in [0.05, 0.1) is 11.3 Å². The van der Waals surface area contributed by atoms with Crippen LogP contribution in [0.5, 0.6) is 0 Å². The normalized spacial score (nSPS) is 11.2. The first kappa shape index (κ1) is 21.8. The molecule has 0 fully saturated rings. The monoisotopic (exact) mass is 449 g/mol. The summed E-state index contributed by atoms with van der Waals surface area (Å²) in [6.07, 6.45) is 5.17. The number of aromatic nitrogens is 4. The molecular weight excluding hydrogens is 425 g/mol. The number of carbonyl (C=O) groups excluding carboxylic acids is 1. The summed E-state index contributed by atoms with van der Waals surface area (Å²) in [7, 11) is 0. The van der Waals surface area contributed by atoms with Gasteiger partial charge in [-0.2, -0.15) is 5.10 Å². The van der Waals surface area contributed by atoms with E-state index in [1.54, 1.807) is 35.3 Å². The summed E-state index contributed by atoms with van der Waals surface area (Å²) < 4.78 is 16.2. The van der Waals surface area contributed by atoms with E-state index in [1.165, 1.54) is 17.4 Å². The predicted molar refractivity (Wildman–Crippen MR) is 125 cm³/mol. The Hall–Kier alpha value is -3.39. The fraction of sp³-hybridized carbons (Fsp3) is 0.250. The fourth-order valence-corrected chi connectivity index (χ4v) is 4.41. The minimum absolute atomic E-state index is 0.0221. The molecule has 0 aliphatic carbocycles. The number of hydrogen-bond donors (Lipinski definition) is 1. The molecule has 32 heavy (non-hydrogen) atoms. The van der Waals surface area contributed by atoms with E-state index in [-0.39, 0.29) is 17.5 Å². The number of rotatable bonds is 7. The molecule has 6 nitrogen and oxygen atoms in total. The van der Waals surface area contributed by atoms with Crippen LogP contribution in [-0.4, -0.2) is 25.7 Å². The van der Waals surface area contributed by atoms with Crippen molar-refractivity contribution in [3.05, 3.63) is 71.1 Å². The van der Waals surface area contributed by atoms with Crippen molar-refractivity contribution >= 4 is 22.4 Å². The number of nitrogens with zero attached hydrogens (tertiary/aromatic N) is 4. The molecule has 0 unspecified atom stereocenters. The maximum absolute atomic E-state index is 14.5. The number of hydrogen-bond acceptors (Lipinski definition) is 5. The van der Waals surface area contributed by atoms with E-state index in [9.17, 15) is 9.18 Å². The van der Waals surface area contributed by atoms with E-state index in [0.29, 0.717) is 16.4 Å². The van der Waals surface area contributed by atoms with Crippen LogP contribution in [0.25, 0.3) is 22.6 Å². The maximum atomic E-state index is 14.5. The Morgan fingerprint density at radius 2 is 1.94 bits per heavy atom. The lowest BCUT2D eigenvalue weighted by molar-refractivity contribution is 0.102. The van der Waals surface area contributed by atoms with Crippen molar-refractivity contribution in [2.24, 2.45) is 0 Å². The Labute approximate surface area is 190 Å². The van der Waals surface area contributed by atoms with Crippen LogP contribution in [0.1, 0.15) is 48.5 Å². The first-order chi connectivity index (χ1) is 15.5. The van der Waals surface area contributed by atoms with Crippen molar-refractivity contribution in [2.45, 2.75) is 39.7 Å². The molecule has 0 spiro atoms. The minimum Gasteiger partial charge on any atom is -0.298 e. The highest BCUT2D eigenvalue weighted by atomic mass is 32.1. The second kappa shape index (κ2) is 9.40. The van der Waals surface area contributed by atoms with Crippen LogP contribution in [0.15, 0.2) is 54.9 Å². The molecule has 1 aromatic carbocycles. The average molecular weight is 450 g/mol. The quantitative estimate of drug-likeness (QED) is 0.376. The van der Waals surface area contributed by atoms with Gasteiger partial charge in [0.2, 0.25) is 0 Å². The number of anilines is 1. The van der Waals surface area contributed by atoms with Crippen molar-refractivity contribution in [1.29, 1.82) is 0 Å². The van der Waals surface area contributed by atoms with Crippen LogP contribution in [-0.2, 0) is 6.42 Å². The van der Waals surface area contributed by atoms with Crippen molar-refractivity contribution in [3.63, 3.8) is 0 Å². The lowest BCUT2D eigenvalue weighted by Gasteiger charge is -2.04. The van der Waals surface area contributed by atoms with Gasteiger partial charge in [-0.25, -0.2) is 9.37 Å². The molecule has 0 aliphatic heterocycles. The van der Waals surface area contributed by atoms with Gasteiger partial charge in [-0.15, -0.1) is 11.3 Å². The summed E-state index contributed by atoms with van der Waals surface area (Å²) in [5.41, 5.74) is 2.45. The summed E-state index contributed by atoms with van der Waals surface area (Å²) >= 11 is 1.44. The number of carbonyl (C=O) groups is 1. The van der Waals surface area contributed by atoms with E-state index in [4.69, 9.17) is 0 Å². The van der Waals surface area contributed by atoms with Gasteiger partial charge in [0.1, 0.15) is 17.2 Å². The van der Waals surface area contributed by atoms with Crippen LogP contribution in [0.3, 0.4) is 0 Å². The molecule has 8 heteroatoms. The maximum Gasteiger partial charge on any atom is 0.261 e. The summed E-state index contributed by atoms with van der Waals surface area (Å²) in [6.45, 7) is 6.01. The van der Waals surface area contributed by atoms with E-state index >= 15 is 0 Å². The predicted octanol–water partition coefficient (Wildman–Crippen LogP) is 5.99. The molecule has 3 heterocycles. The van der Waals surface area contributed by atoms with Gasteiger partial charge in [-0.3, -0.25) is 19.8 Å². The third-order valence-electron chi connectivity index (χ3n) is 4.94. The first-order valence-electron chi connectivity index (χ1n) is 10.5. The van der Waals surface area contributed by atoms with Crippen LogP contribution >= 0.6 is 11.3 Å². The second-order valence-electron chi connectivity index (χ2n) is 7.65. The van der Waals surface area contributed by atoms with Gasteiger partial charge in [-0.1, -0.05) is 31.5 Å². The van der Waals surface area contributed by atoms with Crippen molar-refractivity contribution in [1.82, 2.24) is 19.7 Å². The molecule has 4 rings (SSSR count). The van der Waals surface area contributed by atoms with Gasteiger partial charge in [0.25, 0.3) is 5.91 Å². The molecule has 0 radical (unpaired) electrons. The van der Waals surface area contributed by atoms with Crippen LogP contribution in [0.2, 0.25) is 0 Å². The first-order valence-corrected chi connectivity index (χ1v) is 11.4. The molecule has 0 atom stereocenters. The van der Waals surface area contributed by atoms with E-state index in [2.05, 4.69) is 27.3 Å². The molecule has 164 valence electrons. The third-order valence-corrected chi connectivity index (χ3v) is 5.97. The fourth-order valence-electron chi connectivity index (χ4n) is 3.34. The van der Waals surface area contributed by atoms with E-state index in [0.717, 1.165) is 29.1 Å². The molecule has 1 N–H and O–H groups in total. The number of nitrogens with one attached hydrogen (secondary N) is 1. The summed E-state index contributed by atoms with van der Waals surface area (Å²) in [5, 5.41) is 7.87. The molecule has 0 aliphatic rings. The van der Waals surface area contributed by atoms with Crippen molar-refractivity contribution in [3.8, 4) is 22.6 Å². The summed E-state index contributed by atoms with van der Waals surface area (Å²) in [5.74, 6) is -0.799. The van der Waals surface area contributed by atoms with E-state index < -0.39 is 5.82 Å². The van der Waals surface area contributed by atoms with Crippen LogP contribution in [0.4, 0.5) is 9.52 Å². The largest absolute Gasteiger partial charge is 0.298 e. The smallest absolute Gasteiger partial charge is 0.261 e. The number of thiazole rings is 1. The molecular formula is C24H24FN5OS. The Bertz CT molecular complexity index is 1230. The molecule has 0 bridgehead atoms. The minimum atomic E-state index is -0.424. The van der Waals surface area contributed by atoms with Crippen molar-refractivity contribution in [2.75, 3.05) is 5.32 Å². The Kier molecular flexibility index (Phi) is 6.41. The highest BCUT2D eigenvalue weighted by Gasteiger charge is 2.23. The topological polar surface area (TPSA) is 72.7 Å². The molecule has 1 amide bonds. The number of amides is 1. The number of pyridine rings is 1. The standard InChI is InChI=1S/C24H24FN5OS/c1-4-9-20-22(19-12-7-8-13-26-19)27-24(32-20)28-23(31)17-14-30(15(2)3)29-21(17)16-10-5-6-11-18(16)25/h5-8,10-15H,4,9H2,1-3H3,(H,27,28,31). The number of benzene rings is 1. The second-order valence-corrected chi connectivity index (χ2v) is 8.74. The highest BCUT2D eigenvalue weighted by Crippen LogP contribution is 2.32. The van der Waals surface area contributed by atoms with Gasteiger partial charge < -0.3 is 0 Å². The van der Waals surface area contributed by atoms with E-state index in [1.807, 2.05) is 32.0 Å². The highest BCUT2D eigenvalue weighted by molar-refractivity contribution is 7.16. The number of aryl methyl sites for hydroxylation is 1. The van der Waals surface area contributed by atoms with Crippen molar-refractivity contribution < 1.29 is 9.18 Å². The SMILES string of the molecule is CCCc1sc(NC(=O)c2cn(C(C)C)nc2-c2ccccc2F)nc1-c1ccccn1. The van der Waals surface area contributed by atoms with Gasteiger partial charge in [0.15, 0.2) is 5.13 Å². The Balaban J connectivity index is 1.70. The number of halogens is 1. The molecule has 3 aromatic heterocycles. The third kappa shape index (κ3) is 4.45. The molecule has 4 aromatic rings. The zero-order valence-corrected chi connectivity index (χ0v) is 19.0. The van der Waals surface area contributed by atoms with Crippen LogP contribution < -0.4 is 5.32 Å².